The topological polar surface area (TPSA) is 64.7 Å². The number of halogens is 2. The fraction of sp³-hybridized carbons (Fsp3) is 0.111. The maximum atomic E-state index is 13.2. The molecule has 1 aliphatic rings. The van der Waals surface area contributed by atoms with Gasteiger partial charge in [-0.3, -0.25) is 4.79 Å². The van der Waals surface area contributed by atoms with Crippen LogP contribution in [-0.4, -0.2) is 11.9 Å². The highest BCUT2D eigenvalue weighted by molar-refractivity contribution is 9.10. The molecule has 2 N–H and O–H groups in total. The second kappa shape index (κ2) is 3.62. The van der Waals surface area contributed by atoms with Gasteiger partial charge in [0, 0.05) is 5.56 Å². The molecular weight excluding hydrogens is 267 g/mol. The SMILES string of the molecule is NC1=NC(=O)C(c2ccc(Br)c(F)c2)O1. The van der Waals surface area contributed by atoms with Gasteiger partial charge < -0.3 is 10.5 Å². The van der Waals surface area contributed by atoms with E-state index in [4.69, 9.17) is 10.5 Å². The fourth-order valence-corrected chi connectivity index (χ4v) is 1.50. The quantitative estimate of drug-likeness (QED) is 0.843. The number of hydrogen-bond donors (Lipinski definition) is 1. The molecule has 4 nitrogen and oxygen atoms in total. The molecule has 1 unspecified atom stereocenters. The van der Waals surface area contributed by atoms with Crippen LogP contribution in [0.4, 0.5) is 4.39 Å². The summed E-state index contributed by atoms with van der Waals surface area (Å²) in [5.74, 6) is -0.983. The van der Waals surface area contributed by atoms with Crippen LogP contribution in [-0.2, 0) is 9.53 Å². The number of nitrogens with zero attached hydrogens (tertiary/aromatic N) is 1. The molecule has 0 spiro atoms. The molecule has 1 aliphatic heterocycles. The Labute approximate surface area is 93.1 Å². The van der Waals surface area contributed by atoms with Crippen LogP contribution in [0.15, 0.2) is 27.7 Å². The summed E-state index contributed by atoms with van der Waals surface area (Å²) in [7, 11) is 0. The van der Waals surface area contributed by atoms with Crippen molar-refractivity contribution in [2.75, 3.05) is 0 Å². The predicted molar refractivity (Wildman–Crippen MR) is 54.6 cm³/mol. The van der Waals surface area contributed by atoms with E-state index in [0.29, 0.717) is 10.0 Å². The summed E-state index contributed by atoms with van der Waals surface area (Å²) in [5, 5.41) is 0. The van der Waals surface area contributed by atoms with Gasteiger partial charge in [-0.1, -0.05) is 6.07 Å². The van der Waals surface area contributed by atoms with E-state index in [1.165, 1.54) is 12.1 Å². The number of amides is 1. The Balaban J connectivity index is 2.32. The molecule has 0 bridgehead atoms. The van der Waals surface area contributed by atoms with Gasteiger partial charge in [-0.2, -0.15) is 4.99 Å². The molecule has 0 aliphatic carbocycles. The molecular formula is C9H6BrFN2O2. The van der Waals surface area contributed by atoms with Crippen molar-refractivity contribution in [2.24, 2.45) is 10.7 Å². The molecule has 0 saturated carbocycles. The maximum absolute atomic E-state index is 13.2. The normalized spacial score (nSPS) is 20.0. The smallest absolute Gasteiger partial charge is 0.296 e. The Hall–Kier alpha value is -1.43. The molecule has 0 fully saturated rings. The number of nitrogens with two attached hydrogens (primary N) is 1. The van der Waals surface area contributed by atoms with E-state index in [0.717, 1.165) is 0 Å². The second-order valence-electron chi connectivity index (χ2n) is 2.96. The largest absolute Gasteiger partial charge is 0.447 e. The van der Waals surface area contributed by atoms with Crippen molar-refractivity contribution < 1.29 is 13.9 Å². The van der Waals surface area contributed by atoms with Crippen LogP contribution < -0.4 is 5.73 Å². The Kier molecular flexibility index (Phi) is 2.44. The molecule has 78 valence electrons. The summed E-state index contributed by atoms with van der Waals surface area (Å²) in [5.41, 5.74) is 5.62. The molecule has 1 amide bonds. The highest BCUT2D eigenvalue weighted by atomic mass is 79.9. The van der Waals surface area contributed by atoms with Crippen LogP contribution in [0, 0.1) is 5.82 Å². The first-order valence-electron chi connectivity index (χ1n) is 4.07. The summed E-state index contributed by atoms with van der Waals surface area (Å²) >= 11 is 3.01. The van der Waals surface area contributed by atoms with Crippen molar-refractivity contribution in [1.29, 1.82) is 0 Å². The number of ether oxygens (including phenoxy) is 1. The van der Waals surface area contributed by atoms with Gasteiger partial charge in [0.1, 0.15) is 5.82 Å². The lowest BCUT2D eigenvalue weighted by molar-refractivity contribution is -0.122. The molecule has 0 radical (unpaired) electrons. The minimum atomic E-state index is -0.924. The Morgan fingerprint density at radius 3 is 2.80 bits per heavy atom. The van der Waals surface area contributed by atoms with Gasteiger partial charge in [0.25, 0.3) is 11.9 Å². The third-order valence-electron chi connectivity index (χ3n) is 1.93. The van der Waals surface area contributed by atoms with Crippen molar-refractivity contribution >= 4 is 27.9 Å². The first kappa shape index (κ1) is 10.1. The molecule has 2 rings (SSSR count). The van der Waals surface area contributed by atoms with Gasteiger partial charge in [-0.05, 0) is 28.1 Å². The van der Waals surface area contributed by atoms with Crippen molar-refractivity contribution in [3.8, 4) is 0 Å². The molecule has 1 atom stereocenters. The van der Waals surface area contributed by atoms with E-state index in [2.05, 4.69) is 20.9 Å². The van der Waals surface area contributed by atoms with Gasteiger partial charge in [0.05, 0.1) is 4.47 Å². The van der Waals surface area contributed by atoms with E-state index in [1.807, 2.05) is 0 Å². The van der Waals surface area contributed by atoms with Crippen LogP contribution in [0.5, 0.6) is 0 Å². The lowest BCUT2D eigenvalue weighted by Crippen LogP contribution is -2.14. The van der Waals surface area contributed by atoms with Crippen LogP contribution in [0.1, 0.15) is 11.7 Å². The third kappa shape index (κ3) is 1.85. The number of aliphatic imine (C=N–C) groups is 1. The van der Waals surface area contributed by atoms with Crippen molar-refractivity contribution in [3.05, 3.63) is 34.1 Å². The summed E-state index contributed by atoms with van der Waals surface area (Å²) < 4.78 is 18.4. The van der Waals surface area contributed by atoms with Crippen LogP contribution in [0.25, 0.3) is 0 Å². The van der Waals surface area contributed by atoms with Gasteiger partial charge in [0.15, 0.2) is 0 Å². The number of carbonyl (C=O) groups is 1. The van der Waals surface area contributed by atoms with Crippen molar-refractivity contribution in [1.82, 2.24) is 0 Å². The predicted octanol–water partition coefficient (Wildman–Crippen LogP) is 1.50. The first-order chi connectivity index (χ1) is 7.08. The summed E-state index contributed by atoms with van der Waals surface area (Å²) in [4.78, 5) is 14.7. The number of carbonyl (C=O) groups excluding carboxylic acids is 1. The lowest BCUT2D eigenvalue weighted by Gasteiger charge is -2.08. The molecule has 0 aromatic heterocycles. The van der Waals surface area contributed by atoms with E-state index >= 15 is 0 Å². The van der Waals surface area contributed by atoms with Crippen LogP contribution >= 0.6 is 15.9 Å². The zero-order chi connectivity index (χ0) is 11.0. The van der Waals surface area contributed by atoms with E-state index in [1.54, 1.807) is 6.07 Å². The Morgan fingerprint density at radius 2 is 2.27 bits per heavy atom. The Bertz CT molecular complexity index is 461. The molecule has 15 heavy (non-hydrogen) atoms. The minimum Gasteiger partial charge on any atom is -0.447 e. The zero-order valence-corrected chi connectivity index (χ0v) is 8.99. The Morgan fingerprint density at radius 1 is 1.53 bits per heavy atom. The van der Waals surface area contributed by atoms with E-state index in [9.17, 15) is 9.18 Å². The molecule has 1 aromatic carbocycles. The number of rotatable bonds is 1. The van der Waals surface area contributed by atoms with Crippen molar-refractivity contribution in [3.63, 3.8) is 0 Å². The van der Waals surface area contributed by atoms with Gasteiger partial charge >= 0.3 is 0 Å². The molecule has 0 saturated heterocycles. The molecule has 1 heterocycles. The fourth-order valence-electron chi connectivity index (χ4n) is 1.25. The number of benzene rings is 1. The second-order valence-corrected chi connectivity index (χ2v) is 3.81. The minimum absolute atomic E-state index is 0.187. The number of hydrogen-bond acceptors (Lipinski definition) is 3. The van der Waals surface area contributed by atoms with Crippen LogP contribution in [0.3, 0.4) is 0 Å². The summed E-state index contributed by atoms with van der Waals surface area (Å²) in [6, 6.07) is 4.09. The van der Waals surface area contributed by atoms with Gasteiger partial charge in [-0.15, -0.1) is 0 Å². The summed E-state index contributed by atoms with van der Waals surface area (Å²) in [6.07, 6.45) is -0.924. The van der Waals surface area contributed by atoms with E-state index in [-0.39, 0.29) is 6.02 Å². The van der Waals surface area contributed by atoms with Crippen LogP contribution in [0.2, 0.25) is 0 Å². The van der Waals surface area contributed by atoms with Gasteiger partial charge in [-0.25, -0.2) is 4.39 Å². The number of amidine groups is 1. The maximum Gasteiger partial charge on any atom is 0.296 e. The third-order valence-corrected chi connectivity index (χ3v) is 2.57. The zero-order valence-electron chi connectivity index (χ0n) is 7.41. The monoisotopic (exact) mass is 272 g/mol. The molecule has 1 aromatic rings. The van der Waals surface area contributed by atoms with Crippen molar-refractivity contribution in [2.45, 2.75) is 6.10 Å². The standard InChI is InChI=1S/C9H6BrFN2O2/c10-5-2-1-4(3-6(5)11)7-8(14)13-9(12)15-7/h1-3,7H,(H2,12,13,14). The average Bonchev–Trinajstić information content (AvgIpc) is 2.50. The van der Waals surface area contributed by atoms with E-state index < -0.39 is 17.8 Å². The highest BCUT2D eigenvalue weighted by Crippen LogP contribution is 2.26. The van der Waals surface area contributed by atoms with Gasteiger partial charge in [0.2, 0.25) is 6.10 Å². The highest BCUT2D eigenvalue weighted by Gasteiger charge is 2.29. The molecule has 6 heteroatoms. The lowest BCUT2D eigenvalue weighted by atomic mass is 10.1. The first-order valence-corrected chi connectivity index (χ1v) is 4.87. The average molecular weight is 273 g/mol. The summed E-state index contributed by atoms with van der Waals surface area (Å²) in [6.45, 7) is 0.